The normalized spacial score (nSPS) is 11.2. The van der Waals surface area contributed by atoms with Gasteiger partial charge in [0, 0.05) is 6.07 Å². The van der Waals surface area contributed by atoms with Crippen molar-refractivity contribution in [3.05, 3.63) is 89.6 Å². The number of tetrazole rings is 1. The molecule has 0 amide bonds. The summed E-state index contributed by atoms with van der Waals surface area (Å²) in [7, 11) is 0. The lowest BCUT2D eigenvalue weighted by Gasteiger charge is -2.09. The number of aryl methyl sites for hydroxylation is 1. The maximum Gasteiger partial charge on any atom is 0.357 e. The zero-order valence-electron chi connectivity index (χ0n) is 16.9. The number of carbonyl (C=O) groups is 1. The van der Waals surface area contributed by atoms with Crippen LogP contribution in [0.2, 0.25) is 0 Å². The van der Waals surface area contributed by atoms with E-state index in [1.165, 1.54) is 29.0 Å². The monoisotopic (exact) mass is 432 g/mol. The number of aromatic nitrogens is 6. The molecule has 160 valence electrons. The van der Waals surface area contributed by atoms with Gasteiger partial charge in [-0.2, -0.15) is 4.68 Å². The second-order valence-corrected chi connectivity index (χ2v) is 6.58. The number of rotatable bonds is 7. The lowest BCUT2D eigenvalue weighted by atomic mass is 10.2. The highest BCUT2D eigenvalue weighted by Crippen LogP contribution is 2.19. The van der Waals surface area contributed by atoms with Crippen LogP contribution in [0, 0.1) is 12.7 Å². The van der Waals surface area contributed by atoms with Crippen molar-refractivity contribution < 1.29 is 18.7 Å². The van der Waals surface area contributed by atoms with Crippen molar-refractivity contribution in [1.82, 2.24) is 30.4 Å². The van der Waals surface area contributed by atoms with Crippen LogP contribution in [0.25, 0.3) is 11.8 Å². The maximum atomic E-state index is 13.6. The summed E-state index contributed by atoms with van der Waals surface area (Å²) in [5, 5.41) is 19.1. The van der Waals surface area contributed by atoms with Crippen molar-refractivity contribution in [3.63, 3.8) is 0 Å². The Morgan fingerprint density at radius 1 is 1.03 bits per heavy atom. The van der Waals surface area contributed by atoms with Gasteiger partial charge >= 0.3 is 5.97 Å². The molecular weight excluding hydrogens is 415 g/mol. The van der Waals surface area contributed by atoms with Gasteiger partial charge in [-0.15, -0.1) is 15.3 Å². The van der Waals surface area contributed by atoms with E-state index in [1.807, 2.05) is 18.2 Å². The van der Waals surface area contributed by atoms with Gasteiger partial charge in [0.25, 0.3) is 0 Å². The van der Waals surface area contributed by atoms with Gasteiger partial charge < -0.3 is 9.47 Å². The van der Waals surface area contributed by atoms with Gasteiger partial charge in [-0.25, -0.2) is 9.18 Å². The maximum absolute atomic E-state index is 13.6. The third-order valence-electron chi connectivity index (χ3n) is 4.23. The smallest absolute Gasteiger partial charge is 0.357 e. The minimum absolute atomic E-state index is 0.0232. The molecule has 32 heavy (non-hydrogen) atoms. The van der Waals surface area contributed by atoms with Crippen molar-refractivity contribution in [2.45, 2.75) is 13.5 Å². The molecule has 0 radical (unpaired) electrons. The van der Waals surface area contributed by atoms with Gasteiger partial charge in [-0.3, -0.25) is 0 Å². The number of ether oxygens (including phenoxy) is 2. The van der Waals surface area contributed by atoms with E-state index in [1.54, 1.807) is 37.3 Å². The van der Waals surface area contributed by atoms with E-state index in [0.29, 0.717) is 28.7 Å². The predicted molar refractivity (Wildman–Crippen MR) is 111 cm³/mol. The van der Waals surface area contributed by atoms with E-state index in [4.69, 9.17) is 9.47 Å². The van der Waals surface area contributed by atoms with Gasteiger partial charge in [0.1, 0.15) is 23.9 Å². The van der Waals surface area contributed by atoms with Crippen LogP contribution in [0.15, 0.2) is 66.7 Å². The molecule has 4 aromatic rings. The summed E-state index contributed by atoms with van der Waals surface area (Å²) in [5.74, 6) is 0.156. The standard InChI is InChI=1S/C22H17FN6O3/c1-15-24-27-28-29(15)20(13-16-6-5-7-17(23)12-16)22(30)31-14-18-10-11-21(26-25-18)32-19-8-3-2-4-9-19/h2-13H,14H2,1H3/b20-13-. The molecule has 0 aliphatic rings. The largest absolute Gasteiger partial charge is 0.454 e. The van der Waals surface area contributed by atoms with E-state index < -0.39 is 11.8 Å². The van der Waals surface area contributed by atoms with Crippen molar-refractivity contribution >= 4 is 17.7 Å². The van der Waals surface area contributed by atoms with Gasteiger partial charge in [-0.1, -0.05) is 30.3 Å². The summed E-state index contributed by atoms with van der Waals surface area (Å²) in [5.41, 5.74) is 0.890. The molecular formula is C22H17FN6O3. The molecule has 2 aromatic carbocycles. The number of carbonyl (C=O) groups excluding carboxylic acids is 1. The highest BCUT2D eigenvalue weighted by Gasteiger charge is 2.18. The van der Waals surface area contributed by atoms with Gasteiger partial charge in [0.15, 0.2) is 11.5 Å². The average Bonchev–Trinajstić information content (AvgIpc) is 3.23. The quantitative estimate of drug-likeness (QED) is 0.323. The van der Waals surface area contributed by atoms with Gasteiger partial charge in [0.2, 0.25) is 5.88 Å². The number of halogens is 1. The lowest BCUT2D eigenvalue weighted by molar-refractivity contribution is -0.138. The summed E-state index contributed by atoms with van der Waals surface area (Å²) in [6, 6.07) is 18.2. The fourth-order valence-electron chi connectivity index (χ4n) is 2.72. The van der Waals surface area contributed by atoms with Crippen molar-refractivity contribution in [3.8, 4) is 11.6 Å². The van der Waals surface area contributed by atoms with Crippen LogP contribution < -0.4 is 4.74 Å². The van der Waals surface area contributed by atoms with Crippen LogP contribution in [-0.2, 0) is 16.1 Å². The first-order chi connectivity index (χ1) is 15.6. The molecule has 0 bridgehead atoms. The molecule has 0 saturated heterocycles. The Morgan fingerprint density at radius 2 is 1.88 bits per heavy atom. The lowest BCUT2D eigenvalue weighted by Crippen LogP contribution is -2.15. The first-order valence-electron chi connectivity index (χ1n) is 9.54. The molecule has 4 rings (SSSR count). The molecule has 0 fully saturated rings. The Bertz CT molecular complexity index is 1240. The highest BCUT2D eigenvalue weighted by molar-refractivity contribution is 6.15. The molecule has 0 aliphatic carbocycles. The van der Waals surface area contributed by atoms with Crippen LogP contribution in [0.4, 0.5) is 4.39 Å². The van der Waals surface area contributed by atoms with Crippen LogP contribution in [0.3, 0.4) is 0 Å². The minimum Gasteiger partial charge on any atom is -0.454 e. The van der Waals surface area contributed by atoms with Gasteiger partial charge in [0.05, 0.1) is 0 Å². The number of benzene rings is 2. The fourth-order valence-corrected chi connectivity index (χ4v) is 2.72. The Morgan fingerprint density at radius 3 is 2.56 bits per heavy atom. The van der Waals surface area contributed by atoms with E-state index in [9.17, 15) is 9.18 Å². The molecule has 0 unspecified atom stereocenters. The van der Waals surface area contributed by atoms with Crippen molar-refractivity contribution in [2.24, 2.45) is 0 Å². The minimum atomic E-state index is -0.712. The van der Waals surface area contributed by atoms with E-state index >= 15 is 0 Å². The zero-order valence-corrected chi connectivity index (χ0v) is 16.9. The highest BCUT2D eigenvalue weighted by atomic mass is 19.1. The topological polar surface area (TPSA) is 105 Å². The first-order valence-corrected chi connectivity index (χ1v) is 9.54. The second-order valence-electron chi connectivity index (χ2n) is 6.58. The summed E-state index contributed by atoms with van der Waals surface area (Å²) < 4.78 is 25.7. The third kappa shape index (κ3) is 5.17. The summed E-state index contributed by atoms with van der Waals surface area (Å²) in [4.78, 5) is 12.8. The number of esters is 1. The predicted octanol–water partition coefficient (Wildman–Crippen LogP) is 3.44. The summed E-state index contributed by atoms with van der Waals surface area (Å²) in [6.07, 6.45) is 1.44. The Labute approximate surface area is 182 Å². The molecule has 2 heterocycles. The SMILES string of the molecule is Cc1nnnn1/C(=C\c1cccc(F)c1)C(=O)OCc1ccc(Oc2ccccc2)nn1. The van der Waals surface area contributed by atoms with Crippen molar-refractivity contribution in [1.29, 1.82) is 0 Å². The molecule has 10 heteroatoms. The van der Waals surface area contributed by atoms with Crippen molar-refractivity contribution in [2.75, 3.05) is 0 Å². The molecule has 0 N–H and O–H groups in total. The second kappa shape index (κ2) is 9.56. The van der Waals surface area contributed by atoms with E-state index in [0.717, 1.165) is 0 Å². The Balaban J connectivity index is 1.47. The fraction of sp³-hybridized carbons (Fsp3) is 0.0909. The molecule has 0 aliphatic heterocycles. The molecule has 0 saturated carbocycles. The zero-order chi connectivity index (χ0) is 22.3. The summed E-state index contributed by atoms with van der Waals surface area (Å²) in [6.45, 7) is 1.49. The van der Waals surface area contributed by atoms with Crippen LogP contribution in [-0.4, -0.2) is 36.4 Å². The van der Waals surface area contributed by atoms with Crippen LogP contribution in [0.5, 0.6) is 11.6 Å². The Kier molecular flexibility index (Phi) is 6.21. The van der Waals surface area contributed by atoms with Crippen LogP contribution in [0.1, 0.15) is 17.1 Å². The van der Waals surface area contributed by atoms with E-state index in [2.05, 4.69) is 25.7 Å². The Hall–Kier alpha value is -4.47. The number of hydrogen-bond donors (Lipinski definition) is 0. The van der Waals surface area contributed by atoms with Gasteiger partial charge in [-0.05, 0) is 59.3 Å². The van der Waals surface area contributed by atoms with Crippen LogP contribution >= 0.6 is 0 Å². The third-order valence-corrected chi connectivity index (χ3v) is 4.23. The summed E-state index contributed by atoms with van der Waals surface area (Å²) >= 11 is 0. The molecule has 2 aromatic heterocycles. The molecule has 0 atom stereocenters. The number of para-hydroxylation sites is 1. The number of hydrogen-bond acceptors (Lipinski definition) is 8. The first kappa shape index (κ1) is 20.8. The average molecular weight is 432 g/mol. The molecule has 0 spiro atoms. The molecule has 9 nitrogen and oxygen atoms in total. The van der Waals surface area contributed by atoms with E-state index in [-0.39, 0.29) is 12.3 Å². The number of nitrogens with zero attached hydrogens (tertiary/aromatic N) is 6.